The Morgan fingerprint density at radius 3 is 2.50 bits per heavy atom. The van der Waals surface area contributed by atoms with Crippen LogP contribution < -0.4 is 4.90 Å². The Hall–Kier alpha value is -3.08. The third-order valence-corrected chi connectivity index (χ3v) is 5.62. The average molecular weight is 372 g/mol. The molecule has 0 bridgehead atoms. The van der Waals surface area contributed by atoms with Crippen molar-refractivity contribution in [1.82, 2.24) is 14.7 Å². The summed E-state index contributed by atoms with van der Waals surface area (Å²) in [5.41, 5.74) is 6.61. The Bertz CT molecular complexity index is 1100. The molecule has 1 aliphatic heterocycles. The molecule has 1 fully saturated rings. The highest BCUT2D eigenvalue weighted by Gasteiger charge is 2.21. The molecule has 0 atom stereocenters. The lowest BCUT2D eigenvalue weighted by Crippen LogP contribution is -2.22. The maximum atomic E-state index is 5.39. The second kappa shape index (κ2) is 6.82. The predicted octanol–water partition coefficient (Wildman–Crippen LogP) is 4.96. The van der Waals surface area contributed by atoms with Crippen LogP contribution in [0.25, 0.3) is 22.2 Å². The van der Waals surface area contributed by atoms with Crippen molar-refractivity contribution in [3.8, 4) is 11.1 Å². The van der Waals surface area contributed by atoms with Crippen LogP contribution in [-0.2, 0) is 6.54 Å². The number of aromatic nitrogens is 3. The van der Waals surface area contributed by atoms with E-state index in [0.29, 0.717) is 0 Å². The summed E-state index contributed by atoms with van der Waals surface area (Å²) < 4.78 is 7.75. The molecule has 0 saturated carbocycles. The molecule has 1 aliphatic rings. The van der Waals surface area contributed by atoms with Crippen LogP contribution in [0.5, 0.6) is 0 Å². The fraction of sp³-hybridized carbons (Fsp3) is 0.304. The number of nitrogens with zero attached hydrogens (tertiary/aromatic N) is 4. The molecule has 5 rings (SSSR count). The monoisotopic (exact) mass is 372 g/mol. The number of imidazole rings is 1. The lowest BCUT2D eigenvalue weighted by molar-refractivity contribution is 0.393. The topological polar surface area (TPSA) is 47.1 Å². The standard InChI is InChI=1S/C23H24N4O/c1-16-22(17(2)28-25-16)19-10-11-20-21(14-19)27(15-18-8-4-3-5-9-18)23(24-20)26-12-6-7-13-26/h3-5,8-11,14H,6-7,12-13,15H2,1-2H3. The molecule has 0 aliphatic carbocycles. The molecule has 28 heavy (non-hydrogen) atoms. The molecular weight excluding hydrogens is 348 g/mol. The lowest BCUT2D eigenvalue weighted by Gasteiger charge is -2.19. The molecular formula is C23H24N4O. The van der Waals surface area contributed by atoms with Crippen LogP contribution in [-0.4, -0.2) is 27.8 Å². The van der Waals surface area contributed by atoms with E-state index in [1.54, 1.807) is 0 Å². The van der Waals surface area contributed by atoms with Gasteiger partial charge >= 0.3 is 0 Å². The fourth-order valence-electron chi connectivity index (χ4n) is 4.24. The van der Waals surface area contributed by atoms with Crippen molar-refractivity contribution in [2.24, 2.45) is 0 Å². The average Bonchev–Trinajstić information content (AvgIpc) is 3.43. The van der Waals surface area contributed by atoms with Crippen molar-refractivity contribution in [3.05, 3.63) is 65.5 Å². The van der Waals surface area contributed by atoms with Gasteiger partial charge in [-0.1, -0.05) is 41.6 Å². The Labute approximate surface area is 164 Å². The van der Waals surface area contributed by atoms with E-state index in [1.165, 1.54) is 18.4 Å². The maximum Gasteiger partial charge on any atom is 0.206 e. The molecule has 2 aromatic heterocycles. The maximum absolute atomic E-state index is 5.39. The van der Waals surface area contributed by atoms with Crippen LogP contribution in [0.3, 0.4) is 0 Å². The molecule has 142 valence electrons. The van der Waals surface area contributed by atoms with Gasteiger partial charge in [0.25, 0.3) is 0 Å². The normalized spacial score (nSPS) is 14.3. The zero-order chi connectivity index (χ0) is 19.1. The number of aryl methyl sites for hydroxylation is 2. The van der Waals surface area contributed by atoms with Crippen LogP contribution in [0.4, 0.5) is 5.95 Å². The summed E-state index contributed by atoms with van der Waals surface area (Å²) >= 11 is 0. The Balaban J connectivity index is 1.68. The van der Waals surface area contributed by atoms with E-state index in [9.17, 15) is 0 Å². The molecule has 3 heterocycles. The van der Waals surface area contributed by atoms with Crippen LogP contribution in [0, 0.1) is 13.8 Å². The SMILES string of the molecule is Cc1noc(C)c1-c1ccc2nc(N3CCCC3)n(Cc3ccccc3)c2c1. The molecule has 5 nitrogen and oxygen atoms in total. The molecule has 0 unspecified atom stereocenters. The van der Waals surface area contributed by atoms with E-state index in [2.05, 4.69) is 63.2 Å². The molecule has 0 radical (unpaired) electrons. The third kappa shape index (κ3) is 2.87. The van der Waals surface area contributed by atoms with Crippen molar-refractivity contribution in [3.63, 3.8) is 0 Å². The van der Waals surface area contributed by atoms with Gasteiger partial charge in [0.2, 0.25) is 5.95 Å². The van der Waals surface area contributed by atoms with Crippen LogP contribution >= 0.6 is 0 Å². The largest absolute Gasteiger partial charge is 0.361 e. The minimum atomic E-state index is 0.814. The van der Waals surface area contributed by atoms with Crippen molar-refractivity contribution < 1.29 is 4.52 Å². The van der Waals surface area contributed by atoms with Crippen molar-refractivity contribution in [1.29, 1.82) is 0 Å². The van der Waals surface area contributed by atoms with E-state index < -0.39 is 0 Å². The molecule has 0 spiro atoms. The van der Waals surface area contributed by atoms with Crippen LogP contribution in [0.1, 0.15) is 29.9 Å². The van der Waals surface area contributed by atoms with Gasteiger partial charge in [-0.05, 0) is 49.9 Å². The van der Waals surface area contributed by atoms with Gasteiger partial charge in [-0.3, -0.25) is 0 Å². The first-order valence-electron chi connectivity index (χ1n) is 9.93. The summed E-state index contributed by atoms with van der Waals surface area (Å²) in [4.78, 5) is 7.42. The van der Waals surface area contributed by atoms with Gasteiger partial charge in [0.15, 0.2) is 0 Å². The molecule has 1 saturated heterocycles. The summed E-state index contributed by atoms with van der Waals surface area (Å²) in [7, 11) is 0. The second-order valence-electron chi connectivity index (χ2n) is 7.58. The zero-order valence-electron chi connectivity index (χ0n) is 16.4. The third-order valence-electron chi connectivity index (χ3n) is 5.62. The summed E-state index contributed by atoms with van der Waals surface area (Å²) in [6.07, 6.45) is 2.47. The van der Waals surface area contributed by atoms with Gasteiger partial charge in [-0.15, -0.1) is 0 Å². The quantitative estimate of drug-likeness (QED) is 0.508. The number of fused-ring (bicyclic) bond motifs is 1. The predicted molar refractivity (Wildman–Crippen MR) is 112 cm³/mol. The molecule has 2 aromatic carbocycles. The first kappa shape index (κ1) is 17.0. The molecule has 4 aromatic rings. The van der Waals surface area contributed by atoms with E-state index in [0.717, 1.165) is 59.2 Å². The summed E-state index contributed by atoms with van der Waals surface area (Å²) in [5, 5.41) is 4.13. The highest BCUT2D eigenvalue weighted by molar-refractivity contribution is 5.85. The minimum absolute atomic E-state index is 0.814. The Morgan fingerprint density at radius 1 is 1.00 bits per heavy atom. The summed E-state index contributed by atoms with van der Waals surface area (Å²) in [5.74, 6) is 1.93. The van der Waals surface area contributed by atoms with E-state index >= 15 is 0 Å². The smallest absolute Gasteiger partial charge is 0.206 e. The fourth-order valence-corrected chi connectivity index (χ4v) is 4.24. The number of hydrogen-bond acceptors (Lipinski definition) is 4. The molecule has 0 N–H and O–H groups in total. The van der Waals surface area contributed by atoms with Gasteiger partial charge in [-0.25, -0.2) is 4.98 Å². The van der Waals surface area contributed by atoms with Gasteiger partial charge in [0.05, 0.1) is 23.3 Å². The summed E-state index contributed by atoms with van der Waals surface area (Å²) in [6.45, 7) is 6.93. The number of hydrogen-bond donors (Lipinski definition) is 0. The zero-order valence-corrected chi connectivity index (χ0v) is 16.4. The van der Waals surface area contributed by atoms with Crippen molar-refractivity contribution >= 4 is 17.0 Å². The Morgan fingerprint density at radius 2 is 1.79 bits per heavy atom. The number of anilines is 1. The van der Waals surface area contributed by atoms with E-state index in [4.69, 9.17) is 9.51 Å². The molecule has 5 heteroatoms. The van der Waals surface area contributed by atoms with Crippen LogP contribution in [0.2, 0.25) is 0 Å². The lowest BCUT2D eigenvalue weighted by atomic mass is 10.0. The van der Waals surface area contributed by atoms with Crippen molar-refractivity contribution in [2.45, 2.75) is 33.2 Å². The first-order chi connectivity index (χ1) is 13.7. The van der Waals surface area contributed by atoms with Gasteiger partial charge in [-0.2, -0.15) is 0 Å². The number of rotatable bonds is 4. The molecule has 0 amide bonds. The van der Waals surface area contributed by atoms with Gasteiger partial charge in [0, 0.05) is 18.7 Å². The first-order valence-corrected chi connectivity index (χ1v) is 9.93. The second-order valence-corrected chi connectivity index (χ2v) is 7.58. The highest BCUT2D eigenvalue weighted by Crippen LogP contribution is 2.32. The Kier molecular flexibility index (Phi) is 4.15. The van der Waals surface area contributed by atoms with E-state index in [-0.39, 0.29) is 0 Å². The highest BCUT2D eigenvalue weighted by atomic mass is 16.5. The minimum Gasteiger partial charge on any atom is -0.361 e. The van der Waals surface area contributed by atoms with E-state index in [1.807, 2.05) is 13.8 Å². The van der Waals surface area contributed by atoms with Gasteiger partial charge < -0.3 is 14.0 Å². The van der Waals surface area contributed by atoms with Crippen LogP contribution in [0.15, 0.2) is 53.1 Å². The van der Waals surface area contributed by atoms with Crippen molar-refractivity contribution in [2.75, 3.05) is 18.0 Å². The van der Waals surface area contributed by atoms with Gasteiger partial charge in [0.1, 0.15) is 5.76 Å². The summed E-state index contributed by atoms with van der Waals surface area (Å²) in [6, 6.07) is 17.1. The number of benzene rings is 2.